The highest BCUT2D eigenvalue weighted by Gasteiger charge is 2.18. The number of esters is 2. The molecule has 12 nitrogen and oxygen atoms in total. The average molecular weight is 569 g/mol. The van der Waals surface area contributed by atoms with E-state index in [1.165, 1.54) is 37.1 Å². The van der Waals surface area contributed by atoms with Gasteiger partial charge < -0.3 is 30.3 Å². The van der Waals surface area contributed by atoms with Gasteiger partial charge in [-0.15, -0.1) is 0 Å². The van der Waals surface area contributed by atoms with E-state index < -0.39 is 18.0 Å². The van der Waals surface area contributed by atoms with Crippen LogP contribution in [0.4, 0.5) is 21.9 Å². The zero-order valence-electron chi connectivity index (χ0n) is 22.0. The van der Waals surface area contributed by atoms with Gasteiger partial charge in [-0.25, -0.2) is 19.1 Å². The van der Waals surface area contributed by atoms with Gasteiger partial charge in [0.25, 0.3) is 5.56 Å². The van der Waals surface area contributed by atoms with Crippen molar-refractivity contribution < 1.29 is 23.9 Å². The first-order valence-electron chi connectivity index (χ1n) is 12.5. The number of rotatable bonds is 7. The molecule has 0 atom stereocenters. The van der Waals surface area contributed by atoms with Gasteiger partial charge in [0, 0.05) is 31.0 Å². The van der Waals surface area contributed by atoms with Crippen LogP contribution in [0.1, 0.15) is 32.7 Å². The second-order valence-electron chi connectivity index (χ2n) is 8.96. The highest BCUT2D eigenvalue weighted by Crippen LogP contribution is 2.22. The quantitative estimate of drug-likeness (QED) is 0.366. The largest absolute Gasteiger partial charge is 0.465 e. The van der Waals surface area contributed by atoms with Crippen LogP contribution >= 0.6 is 11.6 Å². The van der Waals surface area contributed by atoms with Crippen molar-refractivity contribution >= 4 is 46.6 Å². The molecular weight excluding hydrogens is 540 g/mol. The van der Waals surface area contributed by atoms with Crippen molar-refractivity contribution in [1.29, 1.82) is 0 Å². The highest BCUT2D eigenvalue weighted by atomic mass is 35.5. The second kappa shape index (κ2) is 13.1. The van der Waals surface area contributed by atoms with Crippen LogP contribution in [0.15, 0.2) is 53.5 Å². The van der Waals surface area contributed by atoms with Gasteiger partial charge in [0.15, 0.2) is 0 Å². The van der Waals surface area contributed by atoms with Gasteiger partial charge in [-0.05, 0) is 48.9 Å². The molecule has 0 bridgehead atoms. The van der Waals surface area contributed by atoms with Gasteiger partial charge in [0.05, 0.1) is 43.8 Å². The van der Waals surface area contributed by atoms with Crippen LogP contribution in [0.2, 0.25) is 5.02 Å². The Kier molecular flexibility index (Phi) is 9.35. The van der Waals surface area contributed by atoms with E-state index >= 15 is 0 Å². The van der Waals surface area contributed by atoms with E-state index in [1.807, 2.05) is 0 Å². The summed E-state index contributed by atoms with van der Waals surface area (Å²) in [5.74, 6) is -1.35. The lowest BCUT2D eigenvalue weighted by molar-refractivity contribution is 0.0599. The van der Waals surface area contributed by atoms with E-state index in [0.29, 0.717) is 11.4 Å². The molecule has 1 aliphatic rings. The normalized spacial score (nSPS) is 13.2. The van der Waals surface area contributed by atoms with Gasteiger partial charge in [-0.1, -0.05) is 23.7 Å². The number of urea groups is 1. The Hall–Kier alpha value is -4.42. The number of carbonyl (C=O) groups excluding carboxylic acids is 3. The molecular formula is C27H29ClN6O6. The maximum absolute atomic E-state index is 12.9. The molecule has 2 amide bonds. The average Bonchev–Trinajstić information content (AvgIpc) is 3.25. The highest BCUT2D eigenvalue weighted by molar-refractivity contribution is 6.33. The molecule has 0 radical (unpaired) electrons. The topological polar surface area (TPSA) is 144 Å². The number of hydrogen-bond acceptors (Lipinski definition) is 9. The third-order valence-corrected chi connectivity index (χ3v) is 6.58. The first-order valence-corrected chi connectivity index (χ1v) is 12.9. The molecule has 40 heavy (non-hydrogen) atoms. The first-order chi connectivity index (χ1) is 19.3. The molecule has 4 rings (SSSR count). The fourth-order valence-electron chi connectivity index (χ4n) is 4.21. The molecule has 0 aliphatic carbocycles. The molecule has 2 aromatic carbocycles. The molecule has 1 fully saturated rings. The van der Waals surface area contributed by atoms with E-state index in [-0.39, 0.29) is 33.9 Å². The maximum Gasteiger partial charge on any atom is 0.337 e. The van der Waals surface area contributed by atoms with Crippen molar-refractivity contribution in [3.63, 3.8) is 0 Å². The summed E-state index contributed by atoms with van der Waals surface area (Å²) >= 11 is 6.43. The van der Waals surface area contributed by atoms with Crippen LogP contribution in [0.5, 0.6) is 0 Å². The van der Waals surface area contributed by atoms with Crippen molar-refractivity contribution in [2.24, 2.45) is 0 Å². The summed E-state index contributed by atoms with van der Waals surface area (Å²) in [4.78, 5) is 51.5. The Morgan fingerprint density at radius 2 is 1.60 bits per heavy atom. The van der Waals surface area contributed by atoms with Crippen LogP contribution in [0.3, 0.4) is 0 Å². The molecule has 3 N–H and O–H groups in total. The molecule has 0 spiro atoms. The molecule has 3 aromatic rings. The zero-order chi connectivity index (χ0) is 28.6. The number of anilines is 3. The monoisotopic (exact) mass is 568 g/mol. The predicted octanol–water partition coefficient (Wildman–Crippen LogP) is 2.96. The minimum atomic E-state index is -0.673. The Morgan fingerprint density at radius 3 is 2.25 bits per heavy atom. The zero-order valence-corrected chi connectivity index (χ0v) is 22.8. The lowest BCUT2D eigenvalue weighted by atomic mass is 10.1. The van der Waals surface area contributed by atoms with E-state index in [9.17, 15) is 19.2 Å². The van der Waals surface area contributed by atoms with Crippen LogP contribution in [0.25, 0.3) is 0 Å². The number of nitrogens with zero attached hydrogens (tertiary/aromatic N) is 3. The third-order valence-electron chi connectivity index (χ3n) is 6.22. The van der Waals surface area contributed by atoms with Crippen molar-refractivity contribution in [2.45, 2.75) is 13.0 Å². The standard InChI is InChI=1S/C27H29ClN6O6/c1-39-25(36)18-12-19(26(37)40-2)14-21(13-18)32-27(38)31-20-6-4-17(5-7-20)16-34-24(35)23(28)22(15-30-34)33-10-3-8-29-9-11-33/h4-7,12-15,29H,3,8-11,16H2,1-2H3,(H2,31,32,38). The number of benzene rings is 2. The second-order valence-corrected chi connectivity index (χ2v) is 9.33. The fourth-order valence-corrected chi connectivity index (χ4v) is 4.47. The van der Waals surface area contributed by atoms with E-state index in [4.69, 9.17) is 21.1 Å². The van der Waals surface area contributed by atoms with Crippen LogP contribution in [0, 0.1) is 0 Å². The van der Waals surface area contributed by atoms with E-state index in [0.717, 1.165) is 38.2 Å². The summed E-state index contributed by atoms with van der Waals surface area (Å²) < 4.78 is 10.7. The number of hydrogen-bond donors (Lipinski definition) is 3. The maximum atomic E-state index is 12.9. The molecule has 2 heterocycles. The molecule has 1 aliphatic heterocycles. The number of aromatic nitrogens is 2. The summed E-state index contributed by atoms with van der Waals surface area (Å²) in [7, 11) is 2.42. The van der Waals surface area contributed by atoms with Gasteiger partial charge in [0.2, 0.25) is 0 Å². The Balaban J connectivity index is 1.41. The molecule has 210 valence electrons. The summed E-state index contributed by atoms with van der Waals surface area (Å²) in [6.07, 6.45) is 2.57. The Labute approximate surface area is 235 Å². The SMILES string of the molecule is COC(=O)c1cc(NC(=O)Nc2ccc(Cn3ncc(N4CCCNCC4)c(Cl)c3=O)cc2)cc(C(=O)OC)c1. The predicted molar refractivity (Wildman–Crippen MR) is 151 cm³/mol. The number of amides is 2. The Bertz CT molecular complexity index is 1420. The van der Waals surface area contributed by atoms with E-state index in [2.05, 4.69) is 25.9 Å². The lowest BCUT2D eigenvalue weighted by Crippen LogP contribution is -2.32. The molecule has 0 saturated carbocycles. The number of carbonyl (C=O) groups is 3. The fraction of sp³-hybridized carbons (Fsp3) is 0.296. The number of nitrogens with one attached hydrogen (secondary N) is 3. The van der Waals surface area contributed by atoms with Crippen LogP contribution < -0.4 is 26.4 Å². The Morgan fingerprint density at radius 1 is 0.950 bits per heavy atom. The summed E-state index contributed by atoms with van der Waals surface area (Å²) in [5, 5.41) is 13.0. The third kappa shape index (κ3) is 6.96. The van der Waals surface area contributed by atoms with Gasteiger partial charge in [0.1, 0.15) is 5.02 Å². The summed E-state index contributed by atoms with van der Waals surface area (Å²) in [5.41, 5.74) is 1.85. The minimum Gasteiger partial charge on any atom is -0.465 e. The molecule has 1 aromatic heterocycles. The van der Waals surface area contributed by atoms with Crippen molar-refractivity contribution in [3.05, 3.63) is 80.7 Å². The van der Waals surface area contributed by atoms with Crippen molar-refractivity contribution in [1.82, 2.24) is 15.1 Å². The van der Waals surface area contributed by atoms with Crippen molar-refractivity contribution in [2.75, 3.05) is 55.9 Å². The summed E-state index contributed by atoms with van der Waals surface area (Å²) in [6, 6.07) is 10.3. The number of methoxy groups -OCH3 is 2. The van der Waals surface area contributed by atoms with Gasteiger partial charge in [-0.2, -0.15) is 5.10 Å². The molecule has 1 saturated heterocycles. The smallest absolute Gasteiger partial charge is 0.337 e. The van der Waals surface area contributed by atoms with Gasteiger partial charge in [-0.3, -0.25) is 4.79 Å². The molecule has 0 unspecified atom stereocenters. The first kappa shape index (κ1) is 28.6. The van der Waals surface area contributed by atoms with Crippen LogP contribution in [-0.2, 0) is 16.0 Å². The molecule has 13 heteroatoms. The minimum absolute atomic E-state index is 0.0745. The van der Waals surface area contributed by atoms with Crippen LogP contribution in [-0.4, -0.2) is 68.1 Å². The van der Waals surface area contributed by atoms with E-state index in [1.54, 1.807) is 30.5 Å². The number of halogens is 1. The number of ether oxygens (including phenoxy) is 2. The lowest BCUT2D eigenvalue weighted by Gasteiger charge is -2.23. The summed E-state index contributed by atoms with van der Waals surface area (Å²) in [6.45, 7) is 3.47. The van der Waals surface area contributed by atoms with Gasteiger partial charge >= 0.3 is 18.0 Å². The van der Waals surface area contributed by atoms with Crippen molar-refractivity contribution in [3.8, 4) is 0 Å².